The van der Waals surface area contributed by atoms with Crippen LogP contribution in [0.25, 0.3) is 0 Å². The number of fused-ring (bicyclic) bond motifs is 3. The van der Waals surface area contributed by atoms with E-state index in [1.807, 2.05) is 0 Å². The van der Waals surface area contributed by atoms with Gasteiger partial charge in [0.2, 0.25) is 0 Å². The molecule has 0 aliphatic heterocycles. The Balaban J connectivity index is 1.34. The third kappa shape index (κ3) is 4.16. The minimum Gasteiger partial charge on any atom is -0.484 e. The maximum atomic E-state index is 13.5. The van der Waals surface area contributed by atoms with Crippen LogP contribution in [0.15, 0.2) is 29.1 Å². The molecule has 3 saturated carbocycles. The second kappa shape index (κ2) is 8.15. The number of ether oxygens (including phenoxy) is 1. The maximum Gasteiger partial charge on any atom is 0.271 e. The van der Waals surface area contributed by atoms with E-state index in [-0.39, 0.29) is 46.2 Å². The number of hydrogen-bond donors (Lipinski definition) is 2. The first-order valence-corrected chi connectivity index (χ1v) is 11.2. The van der Waals surface area contributed by atoms with Crippen molar-refractivity contribution in [3.63, 3.8) is 0 Å². The summed E-state index contributed by atoms with van der Waals surface area (Å²) in [7, 11) is 0. The van der Waals surface area contributed by atoms with E-state index in [0.29, 0.717) is 5.69 Å². The molecule has 1 aromatic carbocycles. The Morgan fingerprint density at radius 2 is 2.07 bits per heavy atom. The van der Waals surface area contributed by atoms with E-state index in [1.54, 1.807) is 10.9 Å². The molecule has 2 aromatic rings. The number of amides is 2. The highest BCUT2D eigenvalue weighted by molar-refractivity contribution is 7.07. The Morgan fingerprint density at radius 1 is 1.30 bits per heavy atom. The van der Waals surface area contributed by atoms with Gasteiger partial charge in [0, 0.05) is 22.5 Å². The Labute approximate surface area is 183 Å². The van der Waals surface area contributed by atoms with Crippen LogP contribution < -0.4 is 15.4 Å². The molecule has 9 heteroatoms. The average molecular weight is 452 g/mol. The zero-order chi connectivity index (χ0) is 21.4. The largest absolute Gasteiger partial charge is 0.484 e. The van der Waals surface area contributed by atoms with Gasteiger partial charge in [-0.2, -0.15) is 0 Å². The minimum absolute atomic E-state index is 0.00859. The van der Waals surface area contributed by atoms with Crippen molar-refractivity contribution in [2.75, 3.05) is 6.61 Å². The summed E-state index contributed by atoms with van der Waals surface area (Å²) >= 11 is 7.06. The van der Waals surface area contributed by atoms with Gasteiger partial charge < -0.3 is 15.4 Å². The summed E-state index contributed by atoms with van der Waals surface area (Å²) in [5.74, 6) is -0.498. The van der Waals surface area contributed by atoms with E-state index in [9.17, 15) is 14.0 Å². The van der Waals surface area contributed by atoms with Crippen LogP contribution in [0.1, 0.15) is 49.5 Å². The van der Waals surface area contributed by atoms with Gasteiger partial charge in [-0.3, -0.25) is 9.59 Å². The standard InChI is InChI=1S/C21H23ClFN3O3S/c1-13-9-20(26-19(28)17-11-30-12-24-17)4-6-21(13,7-5-20)25-18(27)10-29-14-2-3-15(22)16(23)8-14/h2-3,8,11-13H,4-7,9-10H2,1H3,(H,25,27)(H,26,28). The zero-order valence-electron chi connectivity index (χ0n) is 16.5. The summed E-state index contributed by atoms with van der Waals surface area (Å²) in [4.78, 5) is 29.1. The van der Waals surface area contributed by atoms with Crippen LogP contribution in [-0.4, -0.2) is 34.5 Å². The normalized spacial score (nSPS) is 27.5. The molecule has 2 bridgehead atoms. The third-order valence-electron chi connectivity index (χ3n) is 6.43. The van der Waals surface area contributed by atoms with Crippen LogP contribution in [0.5, 0.6) is 5.75 Å². The fraction of sp³-hybridized carbons (Fsp3) is 0.476. The molecule has 2 amide bonds. The van der Waals surface area contributed by atoms with Gasteiger partial charge in [-0.1, -0.05) is 18.5 Å². The number of carbonyl (C=O) groups excluding carboxylic acids is 2. The Kier molecular flexibility index (Phi) is 5.72. The summed E-state index contributed by atoms with van der Waals surface area (Å²) < 4.78 is 18.9. The van der Waals surface area contributed by atoms with E-state index in [1.165, 1.54) is 23.5 Å². The topological polar surface area (TPSA) is 80.3 Å². The second-order valence-electron chi connectivity index (χ2n) is 8.28. The van der Waals surface area contributed by atoms with Crippen LogP contribution in [0.4, 0.5) is 4.39 Å². The van der Waals surface area contributed by atoms with E-state index >= 15 is 0 Å². The first-order valence-electron chi connectivity index (χ1n) is 9.90. The van der Waals surface area contributed by atoms with Gasteiger partial charge in [-0.05, 0) is 50.2 Å². The van der Waals surface area contributed by atoms with Crippen molar-refractivity contribution in [2.24, 2.45) is 5.92 Å². The minimum atomic E-state index is -0.586. The van der Waals surface area contributed by atoms with E-state index in [0.717, 1.165) is 38.2 Å². The van der Waals surface area contributed by atoms with Gasteiger partial charge in [0.25, 0.3) is 11.8 Å². The summed E-state index contributed by atoms with van der Waals surface area (Å²) in [5, 5.41) is 8.12. The maximum absolute atomic E-state index is 13.5. The molecule has 160 valence electrons. The molecule has 6 nitrogen and oxygen atoms in total. The number of carbonyl (C=O) groups is 2. The molecule has 30 heavy (non-hydrogen) atoms. The lowest BCUT2D eigenvalue weighted by atomic mass is 9.56. The van der Waals surface area contributed by atoms with Crippen molar-refractivity contribution in [3.8, 4) is 5.75 Å². The molecule has 3 aliphatic rings. The molecular weight excluding hydrogens is 429 g/mol. The molecule has 3 fully saturated rings. The fourth-order valence-corrected chi connectivity index (χ4v) is 5.39. The molecule has 0 spiro atoms. The van der Waals surface area contributed by atoms with Gasteiger partial charge in [-0.15, -0.1) is 11.3 Å². The van der Waals surface area contributed by atoms with Crippen molar-refractivity contribution in [2.45, 2.75) is 50.1 Å². The summed E-state index contributed by atoms with van der Waals surface area (Å²) in [6.45, 7) is 1.92. The summed E-state index contributed by atoms with van der Waals surface area (Å²) in [5.41, 5.74) is 1.55. The zero-order valence-corrected chi connectivity index (χ0v) is 18.1. The van der Waals surface area contributed by atoms with Crippen LogP contribution in [0.2, 0.25) is 5.02 Å². The van der Waals surface area contributed by atoms with Crippen LogP contribution >= 0.6 is 22.9 Å². The summed E-state index contributed by atoms with van der Waals surface area (Å²) in [6.07, 6.45) is 3.97. The molecule has 3 aliphatic carbocycles. The molecular formula is C21H23ClFN3O3S. The van der Waals surface area contributed by atoms with Crippen LogP contribution in [-0.2, 0) is 4.79 Å². The van der Waals surface area contributed by atoms with Crippen molar-refractivity contribution in [1.82, 2.24) is 15.6 Å². The molecule has 1 atom stereocenters. The quantitative estimate of drug-likeness (QED) is 0.696. The molecule has 5 rings (SSSR count). The molecule has 1 unspecified atom stereocenters. The lowest BCUT2D eigenvalue weighted by Crippen LogP contribution is -2.67. The first-order chi connectivity index (χ1) is 14.3. The SMILES string of the molecule is CC1CC2(NC(=O)c3cscn3)CCC1(NC(=O)COc1ccc(Cl)c(F)c1)CC2. The highest BCUT2D eigenvalue weighted by Crippen LogP contribution is 2.50. The van der Waals surface area contributed by atoms with Crippen LogP contribution in [0, 0.1) is 11.7 Å². The fourth-order valence-electron chi connectivity index (χ4n) is 4.74. The monoisotopic (exact) mass is 451 g/mol. The number of rotatable bonds is 6. The Hall–Kier alpha value is -2.19. The smallest absolute Gasteiger partial charge is 0.271 e. The number of nitrogens with zero attached hydrogens (tertiary/aromatic N) is 1. The first kappa shape index (κ1) is 21.1. The molecule has 0 radical (unpaired) electrons. The van der Waals surface area contributed by atoms with Crippen molar-refractivity contribution in [1.29, 1.82) is 0 Å². The predicted octanol–water partition coefficient (Wildman–Crippen LogP) is 3.95. The highest BCUT2D eigenvalue weighted by atomic mass is 35.5. The van der Waals surface area contributed by atoms with Crippen molar-refractivity contribution >= 4 is 34.8 Å². The molecule has 1 heterocycles. The highest BCUT2D eigenvalue weighted by Gasteiger charge is 2.54. The third-order valence-corrected chi connectivity index (χ3v) is 7.33. The molecule has 1 aromatic heterocycles. The Morgan fingerprint density at radius 3 is 2.70 bits per heavy atom. The number of aromatic nitrogens is 1. The van der Waals surface area contributed by atoms with Crippen molar-refractivity contribution < 1.29 is 18.7 Å². The number of hydrogen-bond acceptors (Lipinski definition) is 5. The van der Waals surface area contributed by atoms with Crippen molar-refractivity contribution in [3.05, 3.63) is 45.6 Å². The lowest BCUT2D eigenvalue weighted by Gasteiger charge is -2.57. The predicted molar refractivity (Wildman–Crippen MR) is 112 cm³/mol. The lowest BCUT2D eigenvalue weighted by molar-refractivity contribution is -0.128. The van der Waals surface area contributed by atoms with Gasteiger partial charge in [0.05, 0.1) is 10.5 Å². The van der Waals surface area contributed by atoms with E-state index < -0.39 is 5.82 Å². The number of nitrogens with one attached hydrogen (secondary N) is 2. The van der Waals surface area contributed by atoms with E-state index in [4.69, 9.17) is 16.3 Å². The van der Waals surface area contributed by atoms with Gasteiger partial charge in [-0.25, -0.2) is 9.37 Å². The number of benzene rings is 1. The second-order valence-corrected chi connectivity index (χ2v) is 9.41. The number of halogens is 2. The Bertz CT molecular complexity index is 945. The molecule has 0 saturated heterocycles. The van der Waals surface area contributed by atoms with E-state index in [2.05, 4.69) is 22.5 Å². The van der Waals surface area contributed by atoms with Crippen LogP contribution in [0.3, 0.4) is 0 Å². The number of thiazole rings is 1. The summed E-state index contributed by atoms with van der Waals surface area (Å²) in [6, 6.07) is 4.09. The van der Waals surface area contributed by atoms with Gasteiger partial charge in [0.1, 0.15) is 17.3 Å². The van der Waals surface area contributed by atoms with Gasteiger partial charge >= 0.3 is 0 Å². The average Bonchev–Trinajstić information content (AvgIpc) is 3.25. The molecule has 2 N–H and O–H groups in total. The van der Waals surface area contributed by atoms with Gasteiger partial charge in [0.15, 0.2) is 6.61 Å².